The molecule has 3 nitrogen and oxygen atoms in total. The number of aryl methyl sites for hydroxylation is 1. The minimum Gasteiger partial charge on any atom is -0.384 e. The topological polar surface area (TPSA) is 28.4 Å². The van der Waals surface area contributed by atoms with Crippen LogP contribution in [-0.4, -0.2) is 34.2 Å². The van der Waals surface area contributed by atoms with E-state index in [-0.39, 0.29) is 0 Å². The van der Waals surface area contributed by atoms with Crippen LogP contribution < -0.4 is 0 Å². The number of nitrogens with zero attached hydrogens (tertiary/aromatic N) is 2. The molecule has 2 bridgehead atoms. The molecule has 2 aromatic rings. The normalized spacial score (nSPS) is 30.2. The van der Waals surface area contributed by atoms with Crippen molar-refractivity contribution in [2.45, 2.75) is 18.4 Å². The molecule has 3 fully saturated rings. The second-order valence-electron chi connectivity index (χ2n) is 6.97. The average molecular weight is 308 g/mol. The van der Waals surface area contributed by atoms with Crippen molar-refractivity contribution in [1.29, 1.82) is 0 Å². The van der Waals surface area contributed by atoms with Crippen LogP contribution in [0.25, 0.3) is 12.2 Å². The van der Waals surface area contributed by atoms with Gasteiger partial charge in [-0.05, 0) is 61.2 Å². The Labute approximate surface area is 137 Å². The van der Waals surface area contributed by atoms with E-state index < -0.39 is 5.60 Å². The number of rotatable bonds is 3. The highest BCUT2D eigenvalue weighted by molar-refractivity contribution is 5.68. The number of hydrogen-bond donors (Lipinski definition) is 1. The number of benzene rings is 1. The second-order valence-corrected chi connectivity index (χ2v) is 6.97. The van der Waals surface area contributed by atoms with Gasteiger partial charge >= 0.3 is 0 Å². The summed E-state index contributed by atoms with van der Waals surface area (Å²) in [5, 5.41) is 11.2. The third-order valence-corrected chi connectivity index (χ3v) is 5.57. The Bertz CT molecular complexity index is 707. The minimum absolute atomic E-state index is 0.414. The largest absolute Gasteiger partial charge is 0.384 e. The van der Waals surface area contributed by atoms with Crippen molar-refractivity contribution in [2.24, 2.45) is 13.0 Å². The van der Waals surface area contributed by atoms with Gasteiger partial charge in [-0.1, -0.05) is 30.3 Å². The lowest BCUT2D eigenvalue weighted by molar-refractivity contribution is -0.117. The number of aliphatic hydroxyl groups is 1. The summed E-state index contributed by atoms with van der Waals surface area (Å²) >= 11 is 0. The number of fused-ring (bicyclic) bond motifs is 3. The van der Waals surface area contributed by atoms with E-state index in [0.717, 1.165) is 38.0 Å². The van der Waals surface area contributed by atoms with Crippen molar-refractivity contribution >= 4 is 12.2 Å². The molecule has 3 aliphatic heterocycles. The van der Waals surface area contributed by atoms with Crippen molar-refractivity contribution < 1.29 is 5.11 Å². The maximum atomic E-state index is 11.2. The summed E-state index contributed by atoms with van der Waals surface area (Å²) in [4.78, 5) is 2.39. The summed E-state index contributed by atoms with van der Waals surface area (Å²) < 4.78 is 2.10. The molecule has 3 saturated heterocycles. The highest BCUT2D eigenvalue weighted by atomic mass is 16.3. The third-order valence-electron chi connectivity index (χ3n) is 5.57. The van der Waals surface area contributed by atoms with Crippen molar-refractivity contribution in [3.63, 3.8) is 0 Å². The van der Waals surface area contributed by atoms with Crippen molar-refractivity contribution in [3.05, 3.63) is 59.4 Å². The Hall–Kier alpha value is -1.84. The molecular weight excluding hydrogens is 284 g/mol. The lowest BCUT2D eigenvalue weighted by Crippen LogP contribution is -2.57. The number of piperidine rings is 3. The molecule has 0 aliphatic carbocycles. The van der Waals surface area contributed by atoms with E-state index in [1.165, 1.54) is 11.3 Å². The summed E-state index contributed by atoms with van der Waals surface area (Å²) in [5.41, 5.74) is 2.77. The highest BCUT2D eigenvalue weighted by Gasteiger charge is 2.46. The lowest BCUT2D eigenvalue weighted by atomic mass is 9.71. The summed E-state index contributed by atoms with van der Waals surface area (Å²) in [5.74, 6) is 0.414. The van der Waals surface area contributed by atoms with E-state index in [2.05, 4.69) is 52.0 Å². The molecule has 0 radical (unpaired) electrons. The minimum atomic E-state index is -0.656. The van der Waals surface area contributed by atoms with Gasteiger partial charge in [0.25, 0.3) is 0 Å². The zero-order valence-electron chi connectivity index (χ0n) is 13.7. The van der Waals surface area contributed by atoms with Gasteiger partial charge in [0.2, 0.25) is 0 Å². The summed E-state index contributed by atoms with van der Waals surface area (Å²) in [6, 6.07) is 12.6. The molecule has 0 amide bonds. The lowest BCUT2D eigenvalue weighted by Gasteiger charge is -2.50. The molecule has 1 unspecified atom stereocenters. The van der Waals surface area contributed by atoms with Crippen molar-refractivity contribution in [3.8, 4) is 0 Å². The quantitative estimate of drug-likeness (QED) is 0.944. The van der Waals surface area contributed by atoms with Gasteiger partial charge in [0.1, 0.15) is 5.60 Å². The molecule has 1 aromatic heterocycles. The third kappa shape index (κ3) is 2.64. The van der Waals surface area contributed by atoms with Crippen LogP contribution in [0.5, 0.6) is 0 Å². The van der Waals surface area contributed by atoms with Crippen LogP contribution in [0.2, 0.25) is 0 Å². The molecular formula is C20H24N2O. The first-order valence-electron chi connectivity index (χ1n) is 8.50. The fraction of sp³-hybridized carbons (Fsp3) is 0.400. The standard InChI is InChI=1S/C20H24N2O/c1-21-12-2-3-19(21)9-6-16-4-7-17(8-5-16)20(23)15-22-13-10-18(20)11-14-22/h2-9,12,18,23H,10-11,13-15H2,1H3. The van der Waals surface area contributed by atoms with E-state index in [4.69, 9.17) is 0 Å². The molecule has 1 N–H and O–H groups in total. The van der Waals surface area contributed by atoms with Crippen LogP contribution in [0.1, 0.15) is 29.7 Å². The predicted octanol–water partition coefficient (Wildman–Crippen LogP) is 3.11. The molecule has 4 heterocycles. The number of aromatic nitrogens is 1. The summed E-state index contributed by atoms with van der Waals surface area (Å²) in [6.07, 6.45) is 8.53. The molecule has 23 heavy (non-hydrogen) atoms. The molecule has 3 heteroatoms. The maximum absolute atomic E-state index is 11.2. The van der Waals surface area contributed by atoms with Gasteiger partial charge in [-0.2, -0.15) is 0 Å². The highest BCUT2D eigenvalue weighted by Crippen LogP contribution is 2.42. The SMILES string of the molecule is Cn1cccc1C=Cc1ccc(C2(O)CN3CCC2CC3)cc1. The Morgan fingerprint density at radius 1 is 1.09 bits per heavy atom. The summed E-state index contributed by atoms with van der Waals surface area (Å²) in [7, 11) is 2.05. The smallest absolute Gasteiger partial charge is 0.105 e. The van der Waals surface area contributed by atoms with Crippen LogP contribution in [-0.2, 0) is 12.6 Å². The van der Waals surface area contributed by atoms with Gasteiger partial charge in [0.05, 0.1) is 0 Å². The van der Waals surface area contributed by atoms with E-state index in [1.807, 2.05) is 19.3 Å². The second kappa shape index (κ2) is 5.66. The van der Waals surface area contributed by atoms with Gasteiger partial charge in [-0.15, -0.1) is 0 Å². The van der Waals surface area contributed by atoms with Crippen LogP contribution >= 0.6 is 0 Å². The first-order chi connectivity index (χ1) is 11.1. The molecule has 5 rings (SSSR count). The fourth-order valence-corrected chi connectivity index (χ4v) is 4.08. The van der Waals surface area contributed by atoms with Gasteiger partial charge in [0, 0.05) is 25.5 Å². The first kappa shape index (κ1) is 14.7. The molecule has 120 valence electrons. The molecule has 1 aromatic carbocycles. The monoisotopic (exact) mass is 308 g/mol. The van der Waals surface area contributed by atoms with E-state index >= 15 is 0 Å². The van der Waals surface area contributed by atoms with Crippen LogP contribution in [0.15, 0.2) is 42.6 Å². The van der Waals surface area contributed by atoms with E-state index in [1.54, 1.807) is 0 Å². The average Bonchev–Trinajstić information content (AvgIpc) is 2.99. The molecule has 1 atom stereocenters. The molecule has 0 saturated carbocycles. The van der Waals surface area contributed by atoms with Crippen molar-refractivity contribution in [2.75, 3.05) is 19.6 Å². The van der Waals surface area contributed by atoms with Crippen molar-refractivity contribution in [1.82, 2.24) is 9.47 Å². The van der Waals surface area contributed by atoms with Gasteiger partial charge in [0.15, 0.2) is 0 Å². The molecule has 3 aliphatic rings. The zero-order valence-corrected chi connectivity index (χ0v) is 13.7. The van der Waals surface area contributed by atoms with Gasteiger partial charge in [-0.3, -0.25) is 0 Å². The Kier molecular flexibility index (Phi) is 3.63. The Balaban J connectivity index is 1.54. The van der Waals surface area contributed by atoms with Gasteiger partial charge in [-0.25, -0.2) is 0 Å². The van der Waals surface area contributed by atoms with E-state index in [0.29, 0.717) is 5.92 Å². The van der Waals surface area contributed by atoms with Crippen LogP contribution in [0, 0.1) is 5.92 Å². The Morgan fingerprint density at radius 2 is 1.83 bits per heavy atom. The van der Waals surface area contributed by atoms with Crippen LogP contribution in [0.4, 0.5) is 0 Å². The predicted molar refractivity (Wildman–Crippen MR) is 93.8 cm³/mol. The molecule has 0 spiro atoms. The van der Waals surface area contributed by atoms with Crippen LogP contribution in [0.3, 0.4) is 0 Å². The zero-order chi connectivity index (χ0) is 15.9. The fourth-order valence-electron chi connectivity index (χ4n) is 4.08. The summed E-state index contributed by atoms with van der Waals surface area (Å²) in [6.45, 7) is 3.07. The first-order valence-corrected chi connectivity index (χ1v) is 8.50. The Morgan fingerprint density at radius 3 is 2.39 bits per heavy atom. The van der Waals surface area contributed by atoms with E-state index in [9.17, 15) is 5.11 Å². The number of hydrogen-bond acceptors (Lipinski definition) is 2. The maximum Gasteiger partial charge on any atom is 0.105 e. The van der Waals surface area contributed by atoms with Gasteiger partial charge < -0.3 is 14.6 Å².